The fraction of sp³-hybridized carbons (Fsp3) is 0.500. The van der Waals surface area contributed by atoms with Gasteiger partial charge in [0.1, 0.15) is 5.69 Å². The second-order valence-electron chi connectivity index (χ2n) is 4.93. The number of halogens is 2. The second-order valence-corrected chi connectivity index (χ2v) is 4.93. The fourth-order valence-electron chi connectivity index (χ4n) is 2.25. The summed E-state index contributed by atoms with van der Waals surface area (Å²) in [6.07, 6.45) is 1.46. The van der Waals surface area contributed by atoms with Gasteiger partial charge in [-0.2, -0.15) is 0 Å². The summed E-state index contributed by atoms with van der Waals surface area (Å²) in [7, 11) is 0. The molecule has 1 fully saturated rings. The number of benzene rings is 1. The lowest BCUT2D eigenvalue weighted by Gasteiger charge is -2.09. The van der Waals surface area contributed by atoms with Gasteiger partial charge in [-0.1, -0.05) is 0 Å². The normalized spacial score (nSPS) is 20.6. The number of hydrogen-bond acceptors (Lipinski definition) is 4. The van der Waals surface area contributed by atoms with Gasteiger partial charge in [0.2, 0.25) is 0 Å². The van der Waals surface area contributed by atoms with Crippen LogP contribution in [0.4, 0.5) is 20.2 Å². The van der Waals surface area contributed by atoms with E-state index in [-0.39, 0.29) is 29.2 Å². The maximum atomic E-state index is 13.5. The van der Waals surface area contributed by atoms with Crippen molar-refractivity contribution in [3.05, 3.63) is 23.8 Å². The maximum absolute atomic E-state index is 13.5. The molecule has 1 aliphatic carbocycles. The smallest absolute Gasteiger partial charge is 0.309 e. The first-order valence-electron chi connectivity index (χ1n) is 6.68. The molecule has 1 aromatic carbocycles. The number of carbonyl (C=O) groups is 1. The third kappa shape index (κ3) is 3.37. The van der Waals surface area contributed by atoms with E-state index in [0.717, 1.165) is 18.6 Å². The Labute approximate surface area is 116 Å². The van der Waals surface area contributed by atoms with E-state index in [1.807, 2.05) is 0 Å². The first-order valence-corrected chi connectivity index (χ1v) is 6.68. The number of esters is 1. The summed E-state index contributed by atoms with van der Waals surface area (Å²) in [5.41, 5.74) is 5.21. The minimum Gasteiger partial charge on any atom is -0.466 e. The van der Waals surface area contributed by atoms with E-state index in [9.17, 15) is 13.6 Å². The number of carbonyl (C=O) groups excluding carboxylic acids is 1. The van der Waals surface area contributed by atoms with E-state index >= 15 is 0 Å². The highest BCUT2D eigenvalue weighted by Gasteiger charge is 2.43. The van der Waals surface area contributed by atoms with Crippen LogP contribution in [0.25, 0.3) is 0 Å². The third-order valence-electron chi connectivity index (χ3n) is 3.39. The van der Waals surface area contributed by atoms with Gasteiger partial charge in [-0.3, -0.25) is 4.79 Å². The quantitative estimate of drug-likeness (QED) is 0.622. The first-order chi connectivity index (χ1) is 9.52. The number of hydrogen-bond donors (Lipinski definition) is 2. The van der Waals surface area contributed by atoms with Crippen LogP contribution in [0.15, 0.2) is 12.1 Å². The molecule has 0 aromatic heterocycles. The molecule has 0 bridgehead atoms. The summed E-state index contributed by atoms with van der Waals surface area (Å²) in [5, 5.41) is 2.71. The lowest BCUT2D eigenvalue weighted by molar-refractivity contribution is -0.145. The molecular weight excluding hydrogens is 266 g/mol. The van der Waals surface area contributed by atoms with Crippen molar-refractivity contribution in [1.29, 1.82) is 0 Å². The zero-order chi connectivity index (χ0) is 14.7. The molecule has 4 nitrogen and oxygen atoms in total. The van der Waals surface area contributed by atoms with Crippen molar-refractivity contribution in [3.63, 3.8) is 0 Å². The zero-order valence-corrected chi connectivity index (χ0v) is 11.3. The van der Waals surface area contributed by atoms with Gasteiger partial charge >= 0.3 is 5.97 Å². The number of nitrogens with one attached hydrogen (secondary N) is 1. The molecule has 2 rings (SSSR count). The molecule has 20 heavy (non-hydrogen) atoms. The summed E-state index contributed by atoms with van der Waals surface area (Å²) >= 11 is 0. The van der Waals surface area contributed by atoms with Gasteiger partial charge in [-0.25, -0.2) is 8.78 Å². The molecule has 0 amide bonds. The predicted octanol–water partition coefficient (Wildman–Crippen LogP) is 2.55. The molecule has 0 heterocycles. The van der Waals surface area contributed by atoms with Crippen molar-refractivity contribution in [2.24, 2.45) is 11.8 Å². The zero-order valence-electron chi connectivity index (χ0n) is 11.3. The van der Waals surface area contributed by atoms with Crippen LogP contribution >= 0.6 is 0 Å². The van der Waals surface area contributed by atoms with E-state index in [0.29, 0.717) is 19.6 Å². The number of nitrogens with two attached hydrogens (primary N) is 1. The highest BCUT2D eigenvalue weighted by Crippen LogP contribution is 2.42. The van der Waals surface area contributed by atoms with Gasteiger partial charge in [-0.15, -0.1) is 0 Å². The molecule has 2 atom stereocenters. The lowest BCUT2D eigenvalue weighted by Crippen LogP contribution is -2.10. The number of ether oxygens (including phenoxy) is 1. The van der Waals surface area contributed by atoms with Gasteiger partial charge < -0.3 is 15.8 Å². The molecule has 0 aliphatic heterocycles. The maximum Gasteiger partial charge on any atom is 0.309 e. The van der Waals surface area contributed by atoms with Crippen molar-refractivity contribution in [2.45, 2.75) is 19.8 Å². The van der Waals surface area contributed by atoms with Gasteiger partial charge in [-0.05, 0) is 37.8 Å². The fourth-order valence-corrected chi connectivity index (χ4v) is 2.25. The van der Waals surface area contributed by atoms with Crippen LogP contribution in [-0.4, -0.2) is 19.1 Å². The van der Waals surface area contributed by atoms with Crippen LogP contribution in [0, 0.1) is 23.5 Å². The van der Waals surface area contributed by atoms with Gasteiger partial charge in [0.05, 0.1) is 12.5 Å². The molecule has 0 saturated heterocycles. The standard InChI is InChI=1S/C14H18F2N2O2/c1-2-20-14(19)10-5-8(10)3-4-18-13-11(15)6-9(17)7-12(13)16/h6-8,10,18H,2-5,17H2,1H3. The Balaban J connectivity index is 1.79. The molecule has 0 spiro atoms. The van der Waals surface area contributed by atoms with Gasteiger partial charge in [0, 0.05) is 12.2 Å². The predicted molar refractivity (Wildman–Crippen MR) is 72.1 cm³/mol. The average Bonchev–Trinajstić information content (AvgIpc) is 3.12. The average molecular weight is 284 g/mol. The molecule has 0 radical (unpaired) electrons. The van der Waals surface area contributed by atoms with Crippen molar-refractivity contribution in [3.8, 4) is 0 Å². The minimum absolute atomic E-state index is 0.0510. The molecule has 2 unspecified atom stereocenters. The molecule has 6 heteroatoms. The Hall–Kier alpha value is -1.85. The summed E-state index contributed by atoms with van der Waals surface area (Å²) < 4.78 is 31.9. The summed E-state index contributed by atoms with van der Waals surface area (Å²) in [4.78, 5) is 11.4. The lowest BCUT2D eigenvalue weighted by atomic mass is 10.2. The monoisotopic (exact) mass is 284 g/mol. The van der Waals surface area contributed by atoms with Gasteiger partial charge in [0.25, 0.3) is 0 Å². The molecule has 3 N–H and O–H groups in total. The van der Waals surface area contributed by atoms with Crippen LogP contribution in [0.5, 0.6) is 0 Å². The van der Waals surface area contributed by atoms with Crippen LogP contribution in [-0.2, 0) is 9.53 Å². The van der Waals surface area contributed by atoms with E-state index < -0.39 is 11.6 Å². The second kappa shape index (κ2) is 6.07. The summed E-state index contributed by atoms with van der Waals surface area (Å²) in [6.45, 7) is 2.55. The van der Waals surface area contributed by atoms with Crippen molar-refractivity contribution < 1.29 is 18.3 Å². The largest absolute Gasteiger partial charge is 0.466 e. The van der Waals surface area contributed by atoms with Crippen molar-refractivity contribution in [1.82, 2.24) is 0 Å². The van der Waals surface area contributed by atoms with E-state index in [1.165, 1.54) is 0 Å². The SMILES string of the molecule is CCOC(=O)C1CC1CCNc1c(F)cc(N)cc1F. The Morgan fingerprint density at radius 2 is 2.10 bits per heavy atom. The molecule has 1 saturated carbocycles. The van der Waals surface area contributed by atoms with Crippen LogP contribution in [0.3, 0.4) is 0 Å². The summed E-state index contributed by atoms with van der Waals surface area (Å²) in [5.74, 6) is -1.41. The Bertz CT molecular complexity index is 485. The number of nitrogen functional groups attached to an aromatic ring is 1. The van der Waals surface area contributed by atoms with E-state index in [1.54, 1.807) is 6.92 Å². The third-order valence-corrected chi connectivity index (χ3v) is 3.39. The minimum atomic E-state index is -0.708. The first kappa shape index (κ1) is 14.6. The molecule has 1 aliphatic rings. The Morgan fingerprint density at radius 1 is 1.45 bits per heavy atom. The van der Waals surface area contributed by atoms with Crippen molar-refractivity contribution in [2.75, 3.05) is 24.2 Å². The van der Waals surface area contributed by atoms with Crippen molar-refractivity contribution >= 4 is 17.3 Å². The topological polar surface area (TPSA) is 64.3 Å². The highest BCUT2D eigenvalue weighted by molar-refractivity contribution is 5.75. The van der Waals surface area contributed by atoms with Gasteiger partial charge in [0.15, 0.2) is 11.6 Å². The van der Waals surface area contributed by atoms with E-state index in [4.69, 9.17) is 10.5 Å². The molecular formula is C14H18F2N2O2. The van der Waals surface area contributed by atoms with Crippen LogP contribution in [0.2, 0.25) is 0 Å². The molecule has 1 aromatic rings. The van der Waals surface area contributed by atoms with E-state index in [2.05, 4.69) is 5.32 Å². The summed E-state index contributed by atoms with van der Waals surface area (Å²) in [6, 6.07) is 2.15. The van der Waals surface area contributed by atoms with Crippen LogP contribution < -0.4 is 11.1 Å². The molecule has 110 valence electrons. The Kier molecular flexibility index (Phi) is 4.42. The number of rotatable bonds is 6. The van der Waals surface area contributed by atoms with Crippen LogP contribution in [0.1, 0.15) is 19.8 Å². The number of anilines is 2. The highest BCUT2D eigenvalue weighted by atomic mass is 19.1. The Morgan fingerprint density at radius 3 is 2.70 bits per heavy atom.